The molecule has 29 heavy (non-hydrogen) atoms. The van der Waals surface area contributed by atoms with E-state index >= 15 is 0 Å². The number of halogens is 1. The van der Waals surface area contributed by atoms with Gasteiger partial charge in [-0.05, 0) is 37.1 Å². The number of hydrogen-bond donors (Lipinski definition) is 1. The molecular formula is C22H22FN3O2S. The Morgan fingerprint density at radius 3 is 2.52 bits per heavy atom. The lowest BCUT2D eigenvalue weighted by atomic mass is 10.2. The van der Waals surface area contributed by atoms with E-state index in [4.69, 9.17) is 0 Å². The summed E-state index contributed by atoms with van der Waals surface area (Å²) < 4.78 is 13.8. The van der Waals surface area contributed by atoms with Gasteiger partial charge in [0, 0.05) is 12.5 Å². The Morgan fingerprint density at radius 1 is 1.10 bits per heavy atom. The number of amides is 2. The molecule has 1 saturated heterocycles. The van der Waals surface area contributed by atoms with E-state index in [1.54, 1.807) is 17.0 Å². The molecule has 5 nitrogen and oxygen atoms in total. The summed E-state index contributed by atoms with van der Waals surface area (Å²) in [5.41, 5.74) is 0.904. The third-order valence-corrected chi connectivity index (χ3v) is 6.31. The predicted octanol–water partition coefficient (Wildman–Crippen LogP) is 4.73. The third kappa shape index (κ3) is 4.50. The SMILES string of the molecule is O=C(C[C@H]1SC(=Nc2ccccc2)N(C2CCCC2)C1=O)Nc1ccccc1F. The Bertz CT molecular complexity index is 929. The van der Waals surface area contributed by atoms with Crippen LogP contribution in [0.25, 0.3) is 0 Å². The number of amidine groups is 1. The minimum atomic E-state index is -0.551. The molecule has 2 aliphatic rings. The van der Waals surface area contributed by atoms with Gasteiger partial charge in [-0.1, -0.05) is 54.9 Å². The normalized spacial score (nSPS) is 21.1. The Kier molecular flexibility index (Phi) is 5.94. The highest BCUT2D eigenvalue weighted by Crippen LogP contribution is 2.37. The van der Waals surface area contributed by atoms with Crippen molar-refractivity contribution in [1.29, 1.82) is 0 Å². The lowest BCUT2D eigenvalue weighted by molar-refractivity contribution is -0.129. The van der Waals surface area contributed by atoms with Crippen molar-refractivity contribution < 1.29 is 14.0 Å². The van der Waals surface area contributed by atoms with Gasteiger partial charge in [0.25, 0.3) is 0 Å². The molecule has 150 valence electrons. The summed E-state index contributed by atoms with van der Waals surface area (Å²) in [4.78, 5) is 32.0. The zero-order chi connectivity index (χ0) is 20.2. The summed E-state index contributed by atoms with van der Waals surface area (Å²) in [6, 6.07) is 15.7. The summed E-state index contributed by atoms with van der Waals surface area (Å²) >= 11 is 1.32. The second-order valence-electron chi connectivity index (χ2n) is 7.22. The molecule has 2 fully saturated rings. The van der Waals surface area contributed by atoms with Crippen molar-refractivity contribution >= 4 is 40.1 Å². The Morgan fingerprint density at radius 2 is 1.79 bits per heavy atom. The summed E-state index contributed by atoms with van der Waals surface area (Å²) in [6.07, 6.45) is 4.07. The highest BCUT2D eigenvalue weighted by Gasteiger charge is 2.43. The Balaban J connectivity index is 1.52. The van der Waals surface area contributed by atoms with E-state index in [9.17, 15) is 14.0 Å². The number of anilines is 1. The van der Waals surface area contributed by atoms with Crippen LogP contribution in [0.5, 0.6) is 0 Å². The van der Waals surface area contributed by atoms with E-state index in [1.165, 1.54) is 23.9 Å². The molecule has 1 aliphatic carbocycles. The molecule has 0 bridgehead atoms. The van der Waals surface area contributed by atoms with E-state index in [2.05, 4.69) is 10.3 Å². The maximum Gasteiger partial charge on any atom is 0.242 e. The van der Waals surface area contributed by atoms with Crippen molar-refractivity contribution in [1.82, 2.24) is 4.90 Å². The van der Waals surface area contributed by atoms with Crippen LogP contribution in [-0.4, -0.2) is 33.2 Å². The van der Waals surface area contributed by atoms with E-state index in [0.717, 1.165) is 31.4 Å². The second-order valence-corrected chi connectivity index (χ2v) is 8.38. The average Bonchev–Trinajstić information content (AvgIpc) is 3.33. The summed E-state index contributed by atoms with van der Waals surface area (Å²) in [5.74, 6) is -0.960. The number of nitrogens with one attached hydrogen (secondary N) is 1. The van der Waals surface area contributed by atoms with Crippen molar-refractivity contribution in [3.63, 3.8) is 0 Å². The number of aliphatic imine (C=N–C) groups is 1. The Labute approximate surface area is 173 Å². The van der Waals surface area contributed by atoms with Gasteiger partial charge in [0.15, 0.2) is 5.17 Å². The van der Waals surface area contributed by atoms with Crippen LogP contribution in [0.2, 0.25) is 0 Å². The molecule has 2 amide bonds. The van der Waals surface area contributed by atoms with Gasteiger partial charge < -0.3 is 5.32 Å². The maximum absolute atomic E-state index is 13.8. The van der Waals surface area contributed by atoms with Crippen LogP contribution in [0.3, 0.4) is 0 Å². The fraction of sp³-hybridized carbons (Fsp3) is 0.318. The van der Waals surface area contributed by atoms with Gasteiger partial charge in [0.2, 0.25) is 11.8 Å². The molecule has 1 saturated carbocycles. The number of carbonyl (C=O) groups is 2. The molecule has 4 rings (SSSR count). The number of thioether (sulfide) groups is 1. The van der Waals surface area contributed by atoms with Crippen molar-refractivity contribution in [2.24, 2.45) is 4.99 Å². The van der Waals surface area contributed by atoms with Gasteiger partial charge in [-0.3, -0.25) is 14.5 Å². The first-order valence-corrected chi connectivity index (χ1v) is 10.7. The fourth-order valence-corrected chi connectivity index (χ4v) is 4.95. The van der Waals surface area contributed by atoms with Crippen LogP contribution in [0.1, 0.15) is 32.1 Å². The molecule has 7 heteroatoms. The fourth-order valence-electron chi connectivity index (χ4n) is 3.74. The quantitative estimate of drug-likeness (QED) is 0.774. The minimum absolute atomic E-state index is 0.0190. The topological polar surface area (TPSA) is 61.8 Å². The van der Waals surface area contributed by atoms with Gasteiger partial charge >= 0.3 is 0 Å². The van der Waals surface area contributed by atoms with E-state index in [0.29, 0.717) is 5.17 Å². The standard InChI is InChI=1S/C22H22FN3O2S/c23-17-12-6-7-13-18(17)25-20(27)14-19-21(28)26(16-10-4-5-11-16)22(29-19)24-15-8-2-1-3-9-15/h1-3,6-9,12-13,16,19H,4-5,10-11,14H2,(H,25,27)/t19-/m1/s1. The van der Waals surface area contributed by atoms with Crippen LogP contribution in [-0.2, 0) is 9.59 Å². The lowest BCUT2D eigenvalue weighted by Crippen LogP contribution is -2.40. The van der Waals surface area contributed by atoms with Crippen molar-refractivity contribution in [3.05, 3.63) is 60.4 Å². The first-order valence-electron chi connectivity index (χ1n) is 9.79. The number of carbonyl (C=O) groups excluding carboxylic acids is 2. The molecule has 1 heterocycles. The van der Waals surface area contributed by atoms with E-state index in [-0.39, 0.29) is 30.0 Å². The zero-order valence-electron chi connectivity index (χ0n) is 15.9. The molecule has 1 N–H and O–H groups in total. The first-order chi connectivity index (χ1) is 14.1. The van der Waals surface area contributed by atoms with Crippen LogP contribution in [0, 0.1) is 5.82 Å². The highest BCUT2D eigenvalue weighted by molar-refractivity contribution is 8.15. The van der Waals surface area contributed by atoms with Gasteiger partial charge in [0.1, 0.15) is 11.1 Å². The molecule has 0 aromatic heterocycles. The van der Waals surface area contributed by atoms with Crippen LogP contribution in [0.15, 0.2) is 59.6 Å². The van der Waals surface area contributed by atoms with Gasteiger partial charge in [-0.15, -0.1) is 0 Å². The van der Waals surface area contributed by atoms with Crippen LogP contribution in [0.4, 0.5) is 15.8 Å². The average molecular weight is 412 g/mol. The zero-order valence-corrected chi connectivity index (χ0v) is 16.7. The number of rotatable bonds is 5. The number of nitrogens with zero attached hydrogens (tertiary/aromatic N) is 2. The number of hydrogen-bond acceptors (Lipinski definition) is 4. The van der Waals surface area contributed by atoms with Gasteiger partial charge in [0.05, 0.1) is 11.4 Å². The molecule has 2 aromatic carbocycles. The minimum Gasteiger partial charge on any atom is -0.324 e. The largest absolute Gasteiger partial charge is 0.324 e. The van der Waals surface area contributed by atoms with Crippen LogP contribution < -0.4 is 5.32 Å². The lowest BCUT2D eigenvalue weighted by Gasteiger charge is -2.23. The molecule has 2 aromatic rings. The molecule has 0 unspecified atom stereocenters. The second kappa shape index (κ2) is 8.78. The highest BCUT2D eigenvalue weighted by atomic mass is 32.2. The van der Waals surface area contributed by atoms with Gasteiger partial charge in [-0.25, -0.2) is 9.38 Å². The van der Waals surface area contributed by atoms with E-state index in [1.807, 2.05) is 30.3 Å². The van der Waals surface area contributed by atoms with Crippen molar-refractivity contribution in [3.8, 4) is 0 Å². The smallest absolute Gasteiger partial charge is 0.242 e. The van der Waals surface area contributed by atoms with Gasteiger partial charge in [-0.2, -0.15) is 0 Å². The van der Waals surface area contributed by atoms with Crippen molar-refractivity contribution in [2.75, 3.05) is 5.32 Å². The maximum atomic E-state index is 13.8. The first kappa shape index (κ1) is 19.6. The molecular weight excluding hydrogens is 389 g/mol. The molecule has 1 atom stereocenters. The number of benzene rings is 2. The molecule has 1 aliphatic heterocycles. The molecule has 0 radical (unpaired) electrons. The van der Waals surface area contributed by atoms with Crippen LogP contribution >= 0.6 is 11.8 Å². The Hall–Kier alpha value is -2.67. The van der Waals surface area contributed by atoms with E-state index < -0.39 is 11.1 Å². The monoisotopic (exact) mass is 411 g/mol. The molecule has 0 spiro atoms. The number of para-hydroxylation sites is 2. The summed E-state index contributed by atoms with van der Waals surface area (Å²) in [5, 5.41) is 2.67. The summed E-state index contributed by atoms with van der Waals surface area (Å²) in [7, 11) is 0. The third-order valence-electron chi connectivity index (χ3n) is 5.16. The summed E-state index contributed by atoms with van der Waals surface area (Å²) in [6.45, 7) is 0. The van der Waals surface area contributed by atoms with Crippen molar-refractivity contribution in [2.45, 2.75) is 43.4 Å². The predicted molar refractivity (Wildman–Crippen MR) is 114 cm³/mol.